The molecule has 2 heterocycles. The van der Waals surface area contributed by atoms with Gasteiger partial charge in [0.2, 0.25) is 11.8 Å². The van der Waals surface area contributed by atoms with Crippen molar-refractivity contribution in [3.05, 3.63) is 36.4 Å². The number of halogens is 1. The number of para-hydroxylation sites is 2. The summed E-state index contributed by atoms with van der Waals surface area (Å²) < 4.78 is 5.92. The number of benzene rings is 1. The van der Waals surface area contributed by atoms with Crippen molar-refractivity contribution in [2.24, 2.45) is 11.8 Å². The molecular weight excluding hydrogens is 414 g/mol. The van der Waals surface area contributed by atoms with Crippen LogP contribution in [0.1, 0.15) is 32.6 Å². The van der Waals surface area contributed by atoms with Crippen LogP contribution < -0.4 is 9.64 Å². The summed E-state index contributed by atoms with van der Waals surface area (Å²) in [5.74, 6) is 0.836. The van der Waals surface area contributed by atoms with Crippen LogP contribution in [0.4, 0.5) is 5.69 Å². The molecule has 1 aromatic carbocycles. The lowest BCUT2D eigenvalue weighted by molar-refractivity contribution is -0.140. The van der Waals surface area contributed by atoms with Crippen molar-refractivity contribution in [1.82, 2.24) is 9.80 Å². The molecule has 0 radical (unpaired) electrons. The minimum atomic E-state index is -0.110. The van der Waals surface area contributed by atoms with Gasteiger partial charge in [-0.2, -0.15) is 0 Å². The van der Waals surface area contributed by atoms with Crippen LogP contribution in [0.5, 0.6) is 5.75 Å². The quantitative estimate of drug-likeness (QED) is 0.451. The Bertz CT molecular complexity index is 766. The number of fused-ring (bicyclic) bond motifs is 1. The first kappa shape index (κ1) is 23.6. The lowest BCUT2D eigenvalue weighted by Gasteiger charge is -2.36. The van der Waals surface area contributed by atoms with E-state index in [1.54, 1.807) is 0 Å². The van der Waals surface area contributed by atoms with E-state index < -0.39 is 0 Å². The van der Waals surface area contributed by atoms with Crippen molar-refractivity contribution >= 4 is 29.9 Å². The van der Waals surface area contributed by atoms with E-state index in [4.69, 9.17) is 4.74 Å². The van der Waals surface area contributed by atoms with Gasteiger partial charge in [0, 0.05) is 32.7 Å². The van der Waals surface area contributed by atoms with Crippen molar-refractivity contribution < 1.29 is 14.3 Å². The number of carbonyl (C=O) groups is 2. The molecule has 0 bridgehead atoms. The molecule has 2 amide bonds. The number of imide groups is 1. The van der Waals surface area contributed by atoms with Crippen LogP contribution in [0.3, 0.4) is 0 Å². The zero-order chi connectivity index (χ0) is 20.9. The highest BCUT2D eigenvalue weighted by molar-refractivity contribution is 6.05. The SMILES string of the molecule is CCCOc1ccccc1N1CCN(CCCN2C(=O)C3CC=CCC3C2=O)CC1.Cl. The molecule has 2 atom stereocenters. The molecule has 0 spiro atoms. The van der Waals surface area contributed by atoms with E-state index in [9.17, 15) is 9.59 Å². The van der Waals surface area contributed by atoms with Gasteiger partial charge in [-0.05, 0) is 44.4 Å². The van der Waals surface area contributed by atoms with E-state index >= 15 is 0 Å². The summed E-state index contributed by atoms with van der Waals surface area (Å²) >= 11 is 0. The number of piperazine rings is 1. The van der Waals surface area contributed by atoms with E-state index in [2.05, 4.69) is 34.9 Å². The number of amides is 2. The van der Waals surface area contributed by atoms with Gasteiger partial charge in [0.1, 0.15) is 5.75 Å². The van der Waals surface area contributed by atoms with Crippen LogP contribution in [-0.4, -0.2) is 67.5 Å². The zero-order valence-corrected chi connectivity index (χ0v) is 19.2. The summed E-state index contributed by atoms with van der Waals surface area (Å²) in [5, 5.41) is 0. The molecule has 3 aliphatic rings. The largest absolute Gasteiger partial charge is 0.491 e. The van der Waals surface area contributed by atoms with Gasteiger partial charge >= 0.3 is 0 Å². The van der Waals surface area contributed by atoms with E-state index in [1.807, 2.05) is 18.2 Å². The summed E-state index contributed by atoms with van der Waals surface area (Å²) in [6.07, 6.45) is 7.37. The maximum absolute atomic E-state index is 12.6. The normalized spacial score (nSPS) is 23.6. The fraction of sp³-hybridized carbons (Fsp3) is 0.583. The molecular formula is C24H34ClN3O3. The molecule has 7 heteroatoms. The standard InChI is InChI=1S/C24H33N3O3.ClH/c1-2-18-30-22-11-6-5-10-21(22)26-16-14-25(15-17-26)12-7-13-27-23(28)19-8-3-4-9-20(19)24(27)29;/h3-6,10-11,19-20H,2,7-9,12-18H2,1H3;1H. The van der Waals surface area contributed by atoms with Gasteiger partial charge < -0.3 is 9.64 Å². The lowest BCUT2D eigenvalue weighted by Crippen LogP contribution is -2.47. The number of allylic oxidation sites excluding steroid dienone is 2. The predicted octanol–water partition coefficient (Wildman–Crippen LogP) is 3.36. The molecule has 1 aliphatic carbocycles. The van der Waals surface area contributed by atoms with Gasteiger partial charge in [-0.15, -0.1) is 12.4 Å². The Kier molecular flexibility index (Phi) is 8.38. The first-order chi connectivity index (χ1) is 14.7. The first-order valence-corrected chi connectivity index (χ1v) is 11.4. The minimum Gasteiger partial charge on any atom is -0.491 e. The second kappa shape index (κ2) is 11.0. The number of likely N-dealkylation sites (tertiary alicyclic amines) is 1. The maximum atomic E-state index is 12.6. The molecule has 0 N–H and O–H groups in total. The van der Waals surface area contributed by atoms with Crippen molar-refractivity contribution in [3.63, 3.8) is 0 Å². The summed E-state index contributed by atoms with van der Waals surface area (Å²) in [6, 6.07) is 8.28. The van der Waals surface area contributed by atoms with E-state index in [0.717, 1.165) is 70.8 Å². The fourth-order valence-corrected chi connectivity index (χ4v) is 4.81. The molecule has 2 aliphatic heterocycles. The van der Waals surface area contributed by atoms with Crippen LogP contribution in [0.2, 0.25) is 0 Å². The second-order valence-corrected chi connectivity index (χ2v) is 8.48. The summed E-state index contributed by atoms with van der Waals surface area (Å²) in [4.78, 5) is 31.5. The Labute approximate surface area is 191 Å². The van der Waals surface area contributed by atoms with Gasteiger partial charge in [0.25, 0.3) is 0 Å². The van der Waals surface area contributed by atoms with Crippen LogP contribution in [0.15, 0.2) is 36.4 Å². The highest BCUT2D eigenvalue weighted by Gasteiger charge is 2.46. The average molecular weight is 448 g/mol. The van der Waals surface area contributed by atoms with Crippen molar-refractivity contribution in [1.29, 1.82) is 0 Å². The summed E-state index contributed by atoms with van der Waals surface area (Å²) in [6.45, 7) is 8.23. The van der Waals surface area contributed by atoms with Gasteiger partial charge in [-0.3, -0.25) is 19.4 Å². The monoisotopic (exact) mass is 447 g/mol. The first-order valence-electron chi connectivity index (χ1n) is 11.4. The lowest BCUT2D eigenvalue weighted by atomic mass is 9.85. The third-order valence-corrected chi connectivity index (χ3v) is 6.49. The molecule has 0 aromatic heterocycles. The molecule has 6 nitrogen and oxygen atoms in total. The molecule has 0 saturated carbocycles. The van der Waals surface area contributed by atoms with Gasteiger partial charge in [0.05, 0.1) is 24.1 Å². The van der Waals surface area contributed by atoms with Crippen molar-refractivity contribution in [2.75, 3.05) is 50.8 Å². The molecule has 2 saturated heterocycles. The number of hydrogen-bond donors (Lipinski definition) is 0. The van der Waals surface area contributed by atoms with E-state index in [0.29, 0.717) is 6.54 Å². The van der Waals surface area contributed by atoms with Crippen molar-refractivity contribution in [2.45, 2.75) is 32.6 Å². The van der Waals surface area contributed by atoms with Crippen molar-refractivity contribution in [3.8, 4) is 5.75 Å². The summed E-state index contributed by atoms with van der Waals surface area (Å²) in [7, 11) is 0. The average Bonchev–Trinajstić information content (AvgIpc) is 3.03. The van der Waals surface area contributed by atoms with Gasteiger partial charge in [0.15, 0.2) is 0 Å². The Balaban J connectivity index is 0.00000272. The number of rotatable bonds is 8. The van der Waals surface area contributed by atoms with Gasteiger partial charge in [-0.25, -0.2) is 0 Å². The Morgan fingerprint density at radius 2 is 1.58 bits per heavy atom. The third-order valence-electron chi connectivity index (χ3n) is 6.49. The topological polar surface area (TPSA) is 53.1 Å². The molecule has 2 fully saturated rings. The Morgan fingerprint density at radius 3 is 2.23 bits per heavy atom. The Morgan fingerprint density at radius 1 is 0.935 bits per heavy atom. The number of nitrogens with zero attached hydrogens (tertiary/aromatic N) is 3. The number of anilines is 1. The predicted molar refractivity (Wildman–Crippen MR) is 125 cm³/mol. The number of carbonyl (C=O) groups excluding carboxylic acids is 2. The molecule has 170 valence electrons. The maximum Gasteiger partial charge on any atom is 0.233 e. The molecule has 4 rings (SSSR count). The van der Waals surface area contributed by atoms with E-state index in [-0.39, 0.29) is 36.1 Å². The fourth-order valence-electron chi connectivity index (χ4n) is 4.81. The van der Waals surface area contributed by atoms with Crippen LogP contribution in [0.25, 0.3) is 0 Å². The Hall–Kier alpha value is -2.05. The minimum absolute atomic E-state index is 0. The zero-order valence-electron chi connectivity index (χ0n) is 18.4. The van der Waals surface area contributed by atoms with Crippen LogP contribution in [0, 0.1) is 11.8 Å². The third kappa shape index (κ3) is 5.24. The highest BCUT2D eigenvalue weighted by Crippen LogP contribution is 2.35. The highest BCUT2D eigenvalue weighted by atomic mass is 35.5. The van der Waals surface area contributed by atoms with Crippen LogP contribution >= 0.6 is 12.4 Å². The van der Waals surface area contributed by atoms with Gasteiger partial charge in [-0.1, -0.05) is 31.2 Å². The molecule has 31 heavy (non-hydrogen) atoms. The smallest absolute Gasteiger partial charge is 0.233 e. The second-order valence-electron chi connectivity index (χ2n) is 8.48. The van der Waals surface area contributed by atoms with Crippen LogP contribution in [-0.2, 0) is 9.59 Å². The summed E-state index contributed by atoms with van der Waals surface area (Å²) in [5.41, 5.74) is 1.18. The number of hydrogen-bond acceptors (Lipinski definition) is 5. The number of ether oxygens (including phenoxy) is 1. The molecule has 1 aromatic rings. The van der Waals surface area contributed by atoms with E-state index in [1.165, 1.54) is 10.6 Å². The molecule has 2 unspecified atom stereocenters.